The Bertz CT molecular complexity index is 92.2. The van der Waals surface area contributed by atoms with Gasteiger partial charge in [0.05, 0.1) is 0 Å². The molecule has 0 saturated heterocycles. The van der Waals surface area contributed by atoms with Gasteiger partial charge in [0, 0.05) is 13.1 Å². The van der Waals surface area contributed by atoms with Crippen LogP contribution in [0.15, 0.2) is 0 Å². The summed E-state index contributed by atoms with van der Waals surface area (Å²) in [4.78, 5) is 10.6. The lowest BCUT2D eigenvalue weighted by atomic mass is 10.4. The second-order valence-corrected chi connectivity index (χ2v) is 2.00. The second kappa shape index (κ2) is 4.14. The fraction of sp³-hybridized carbons (Fsp3) is 0.800. The fourth-order valence-corrected chi connectivity index (χ4v) is 0.412. The van der Waals surface area contributed by atoms with Gasteiger partial charge in [0.2, 0.25) is 0 Å². The molecule has 0 aromatic carbocycles. The Labute approximate surface area is 55.0 Å². The predicted molar refractivity (Wildman–Crippen MR) is 35.9 cm³/mol. The largest absolute Gasteiger partial charge is 0.335 e. The summed E-state index contributed by atoms with van der Waals surface area (Å²) in [6, 6.07) is -0.0224. The van der Waals surface area contributed by atoms with Crippen molar-refractivity contribution in [2.75, 3.05) is 7.05 Å². The first kappa shape index (κ1) is 8.23. The molecule has 0 saturated carbocycles. The lowest BCUT2D eigenvalue weighted by molar-refractivity contribution is 0.235. The first-order valence-corrected chi connectivity index (χ1v) is 2.90. The van der Waals surface area contributed by atoms with Crippen LogP contribution in [0.2, 0.25) is 0 Å². The molecule has 3 N–H and O–H groups in total. The summed E-state index contributed by atoms with van der Waals surface area (Å²) in [5, 5.41) is 2.63. The van der Waals surface area contributed by atoms with E-state index in [4.69, 9.17) is 0 Å². The maximum absolute atomic E-state index is 10.6. The molecule has 0 aliphatic carbocycles. The number of hydrazine groups is 1. The van der Waals surface area contributed by atoms with Gasteiger partial charge in [-0.05, 0) is 13.8 Å². The van der Waals surface area contributed by atoms with E-state index in [0.717, 1.165) is 0 Å². The van der Waals surface area contributed by atoms with Gasteiger partial charge in [0.1, 0.15) is 0 Å². The van der Waals surface area contributed by atoms with Gasteiger partial charge in [-0.1, -0.05) is 0 Å². The van der Waals surface area contributed by atoms with Crippen LogP contribution in [0.25, 0.3) is 0 Å². The zero-order valence-electron chi connectivity index (χ0n) is 5.99. The Morgan fingerprint density at radius 1 is 1.44 bits per heavy atom. The fourth-order valence-electron chi connectivity index (χ4n) is 0.412. The van der Waals surface area contributed by atoms with Crippen LogP contribution in [0, 0.1) is 0 Å². The second-order valence-electron chi connectivity index (χ2n) is 2.00. The van der Waals surface area contributed by atoms with Gasteiger partial charge in [-0.25, -0.2) is 10.2 Å². The van der Waals surface area contributed by atoms with Gasteiger partial charge in [-0.3, -0.25) is 5.43 Å². The normalized spacial score (nSPS) is 9.33. The molecule has 0 atom stereocenters. The summed E-state index contributed by atoms with van der Waals surface area (Å²) < 4.78 is 0. The summed E-state index contributed by atoms with van der Waals surface area (Å²) in [7, 11) is 1.64. The van der Waals surface area contributed by atoms with Crippen molar-refractivity contribution in [2.24, 2.45) is 0 Å². The summed E-state index contributed by atoms with van der Waals surface area (Å²) in [6.07, 6.45) is 0. The highest BCUT2D eigenvalue weighted by Gasteiger charge is 1.97. The van der Waals surface area contributed by atoms with Gasteiger partial charge < -0.3 is 5.32 Å². The van der Waals surface area contributed by atoms with E-state index in [1.54, 1.807) is 7.05 Å². The number of carbonyl (C=O) groups is 1. The summed E-state index contributed by atoms with van der Waals surface area (Å²) in [5.41, 5.74) is 4.89. The van der Waals surface area contributed by atoms with Crippen LogP contribution < -0.4 is 16.2 Å². The Morgan fingerprint density at radius 2 is 2.00 bits per heavy atom. The lowest BCUT2D eigenvalue weighted by Crippen LogP contribution is -2.44. The Kier molecular flexibility index (Phi) is 3.79. The topological polar surface area (TPSA) is 53.2 Å². The third-order valence-electron chi connectivity index (χ3n) is 0.658. The molecule has 0 aliphatic heterocycles. The average Bonchev–Trinajstić information content (AvgIpc) is 1.63. The van der Waals surface area contributed by atoms with Crippen molar-refractivity contribution in [3.05, 3.63) is 0 Å². The number of hydrogen-bond donors (Lipinski definition) is 3. The van der Waals surface area contributed by atoms with Crippen molar-refractivity contribution in [1.29, 1.82) is 0 Å². The van der Waals surface area contributed by atoms with E-state index in [0.29, 0.717) is 0 Å². The first-order chi connectivity index (χ1) is 4.16. The van der Waals surface area contributed by atoms with Crippen molar-refractivity contribution in [1.82, 2.24) is 16.2 Å². The average molecular weight is 131 g/mol. The summed E-state index contributed by atoms with van der Waals surface area (Å²) in [6.45, 7) is 3.80. The molecule has 0 aromatic heterocycles. The molecule has 0 unspecified atom stereocenters. The van der Waals surface area contributed by atoms with Crippen molar-refractivity contribution < 1.29 is 4.79 Å². The number of urea groups is 1. The van der Waals surface area contributed by atoms with E-state index in [2.05, 4.69) is 16.2 Å². The van der Waals surface area contributed by atoms with Crippen molar-refractivity contribution in [3.63, 3.8) is 0 Å². The van der Waals surface area contributed by atoms with Gasteiger partial charge in [-0.15, -0.1) is 0 Å². The highest BCUT2D eigenvalue weighted by Crippen LogP contribution is 1.73. The van der Waals surface area contributed by atoms with Crippen molar-refractivity contribution >= 4 is 6.03 Å². The molecule has 4 heteroatoms. The van der Waals surface area contributed by atoms with Crippen molar-refractivity contribution in [3.8, 4) is 0 Å². The molecule has 0 spiro atoms. The maximum atomic E-state index is 10.6. The minimum atomic E-state index is -0.201. The van der Waals surface area contributed by atoms with Gasteiger partial charge in [0.25, 0.3) is 0 Å². The molecule has 0 aliphatic rings. The van der Waals surface area contributed by atoms with Crippen LogP contribution in [-0.4, -0.2) is 19.1 Å². The van der Waals surface area contributed by atoms with E-state index in [1.165, 1.54) is 0 Å². The highest BCUT2D eigenvalue weighted by atomic mass is 16.2. The molecule has 0 radical (unpaired) electrons. The minimum absolute atomic E-state index is 0.179. The molecule has 2 amide bonds. The third kappa shape index (κ3) is 5.10. The number of carbonyl (C=O) groups excluding carboxylic acids is 1. The molecule has 54 valence electrons. The SMILES string of the molecule is CNNC(=O)NC(C)C. The molecule has 9 heavy (non-hydrogen) atoms. The standard InChI is InChI=1S/C5H13N3O/c1-4(2)7-5(9)8-6-3/h4,6H,1-3H3,(H2,7,8,9). The number of hydrogen-bond acceptors (Lipinski definition) is 2. The molecule has 0 aromatic rings. The third-order valence-corrected chi connectivity index (χ3v) is 0.658. The Hall–Kier alpha value is -0.770. The number of rotatable bonds is 2. The summed E-state index contributed by atoms with van der Waals surface area (Å²) >= 11 is 0. The number of amides is 2. The van der Waals surface area contributed by atoms with Crippen LogP contribution in [0.5, 0.6) is 0 Å². The van der Waals surface area contributed by atoms with Crippen LogP contribution in [0.4, 0.5) is 4.79 Å². The maximum Gasteiger partial charge on any atom is 0.329 e. The minimum Gasteiger partial charge on any atom is -0.335 e. The van der Waals surface area contributed by atoms with E-state index in [9.17, 15) is 4.79 Å². The zero-order chi connectivity index (χ0) is 7.28. The molecule has 0 heterocycles. The molecule has 0 fully saturated rings. The quantitative estimate of drug-likeness (QED) is 0.456. The van der Waals surface area contributed by atoms with E-state index in [1.807, 2.05) is 13.8 Å². The van der Waals surface area contributed by atoms with Crippen LogP contribution in [-0.2, 0) is 0 Å². The molecule has 0 bridgehead atoms. The van der Waals surface area contributed by atoms with Gasteiger partial charge in [-0.2, -0.15) is 0 Å². The highest BCUT2D eigenvalue weighted by molar-refractivity contribution is 5.73. The molecule has 4 nitrogen and oxygen atoms in total. The monoisotopic (exact) mass is 131 g/mol. The van der Waals surface area contributed by atoms with E-state index in [-0.39, 0.29) is 12.1 Å². The molecular formula is C5H13N3O. The molecular weight excluding hydrogens is 118 g/mol. The van der Waals surface area contributed by atoms with Crippen molar-refractivity contribution in [2.45, 2.75) is 19.9 Å². The number of nitrogens with one attached hydrogen (secondary N) is 3. The van der Waals surface area contributed by atoms with Crippen LogP contribution >= 0.6 is 0 Å². The zero-order valence-corrected chi connectivity index (χ0v) is 5.99. The smallest absolute Gasteiger partial charge is 0.329 e. The summed E-state index contributed by atoms with van der Waals surface area (Å²) in [5.74, 6) is 0. The Balaban J connectivity index is 3.27. The predicted octanol–water partition coefficient (Wildman–Crippen LogP) is -0.172. The Morgan fingerprint density at radius 3 is 2.33 bits per heavy atom. The lowest BCUT2D eigenvalue weighted by Gasteiger charge is -2.07. The molecule has 0 rings (SSSR count). The van der Waals surface area contributed by atoms with E-state index < -0.39 is 0 Å². The van der Waals surface area contributed by atoms with Crippen LogP contribution in [0.1, 0.15) is 13.8 Å². The van der Waals surface area contributed by atoms with Gasteiger partial charge >= 0.3 is 6.03 Å². The van der Waals surface area contributed by atoms with Gasteiger partial charge in [0.15, 0.2) is 0 Å². The first-order valence-electron chi connectivity index (χ1n) is 2.90. The van der Waals surface area contributed by atoms with Crippen LogP contribution in [0.3, 0.4) is 0 Å². The van der Waals surface area contributed by atoms with E-state index >= 15 is 0 Å².